The van der Waals surface area contributed by atoms with Gasteiger partial charge in [-0.05, 0) is 50.4 Å². The summed E-state index contributed by atoms with van der Waals surface area (Å²) in [6.45, 7) is 3.50. The van der Waals surface area contributed by atoms with Gasteiger partial charge in [0.15, 0.2) is 12.3 Å². The summed E-state index contributed by atoms with van der Waals surface area (Å²) < 4.78 is 69.9. The summed E-state index contributed by atoms with van der Waals surface area (Å²) in [6.07, 6.45) is -7.64. The smallest absolute Gasteiger partial charge is 0.461 e. The first-order valence-corrected chi connectivity index (χ1v) is 13.2. The Morgan fingerprint density at radius 2 is 1.97 bits per heavy atom. The topological polar surface area (TPSA) is 155 Å². The van der Waals surface area contributed by atoms with Gasteiger partial charge >= 0.3 is 19.5 Å². The molecule has 16 heteroatoms. The normalized spacial score (nSPS) is 24.9. The number of para-hydroxylation sites is 1. The number of hydrogen-bond acceptors (Lipinski definition) is 10. The number of phosphoric acid groups is 1. The minimum Gasteiger partial charge on any atom is -0.461 e. The van der Waals surface area contributed by atoms with E-state index in [0.717, 1.165) is 0 Å². The van der Waals surface area contributed by atoms with Crippen LogP contribution in [0, 0.1) is 17.1 Å². The number of halogens is 3. The van der Waals surface area contributed by atoms with Crippen molar-refractivity contribution in [3.8, 4) is 17.0 Å². The third-order valence-corrected chi connectivity index (χ3v) is 6.76. The van der Waals surface area contributed by atoms with Gasteiger partial charge in [0.1, 0.15) is 18.0 Å². The van der Waals surface area contributed by atoms with Crippen molar-refractivity contribution >= 4 is 25.4 Å². The zero-order valence-corrected chi connectivity index (χ0v) is 22.4. The molecule has 3 rings (SSSR count). The van der Waals surface area contributed by atoms with Crippen LogP contribution in [0.4, 0.5) is 8.78 Å². The van der Waals surface area contributed by atoms with Gasteiger partial charge in [0.25, 0.3) is 5.56 Å². The number of aromatic nitrogens is 2. The Morgan fingerprint density at radius 1 is 1.31 bits per heavy atom. The fraction of sp³-hybridized carbons (Fsp3) is 0.435. The lowest BCUT2D eigenvalue weighted by Crippen LogP contribution is -2.45. The molecule has 212 valence electrons. The average Bonchev–Trinajstić information content (AvgIpc) is 3.10. The minimum atomic E-state index is -4.70. The van der Waals surface area contributed by atoms with Crippen molar-refractivity contribution < 1.29 is 46.3 Å². The van der Waals surface area contributed by atoms with Crippen molar-refractivity contribution in [2.75, 3.05) is 6.61 Å². The van der Waals surface area contributed by atoms with Gasteiger partial charge in [-0.25, -0.2) is 18.5 Å². The molecule has 0 bridgehead atoms. The molecule has 1 saturated heterocycles. The number of carbonyl (C=O) groups is 1. The lowest BCUT2D eigenvalue weighted by atomic mass is 9.97. The van der Waals surface area contributed by atoms with E-state index in [0.29, 0.717) is 10.8 Å². The van der Waals surface area contributed by atoms with Gasteiger partial charge in [0.05, 0.1) is 18.9 Å². The van der Waals surface area contributed by atoms with Crippen LogP contribution in [0.2, 0.25) is 0 Å². The molecule has 12 nitrogen and oxygen atoms in total. The molecule has 2 N–H and O–H groups in total. The van der Waals surface area contributed by atoms with Crippen LogP contribution in [0.5, 0.6) is 5.75 Å². The fourth-order valence-corrected chi connectivity index (χ4v) is 4.90. The van der Waals surface area contributed by atoms with E-state index in [1.807, 2.05) is 5.92 Å². The third-order valence-electron chi connectivity index (χ3n) is 5.19. The fourth-order valence-electron chi connectivity index (χ4n) is 3.42. The molecule has 1 aliphatic rings. The number of carbonyl (C=O) groups excluding carboxylic acids is 1. The Morgan fingerprint density at radius 3 is 2.59 bits per heavy atom. The number of esters is 1. The van der Waals surface area contributed by atoms with E-state index < -0.39 is 73.8 Å². The standard InChI is InChI=1S/C23H24ClF2N2O10P/c1-13(2)35-20(31)14(3)37-39(33,38-15-7-5-4-6-8-15)34-12-17-18(29)23(26,9-10-24)21(36-17)28-11-16(25)19(30)27-22(28)32/h4-8,11,13-14,17-18,21,29H,12H2,1-3H3,(H,27,30,32)/t14-,17+,18-,21+,23?,39-/m0/s1. The second kappa shape index (κ2) is 12.4. The maximum atomic E-state index is 15.9. The number of H-pyrrole nitrogens is 1. The number of alkyl halides is 1. The maximum Gasteiger partial charge on any atom is 0.530 e. The van der Waals surface area contributed by atoms with E-state index in [2.05, 4.69) is 0 Å². The van der Waals surface area contributed by atoms with Crippen molar-refractivity contribution in [2.45, 2.75) is 57.1 Å². The van der Waals surface area contributed by atoms with E-state index in [4.69, 9.17) is 34.6 Å². The number of benzene rings is 1. The van der Waals surface area contributed by atoms with Crippen molar-refractivity contribution in [1.82, 2.24) is 9.55 Å². The number of rotatable bonds is 10. The molecule has 2 heterocycles. The van der Waals surface area contributed by atoms with Gasteiger partial charge < -0.3 is 19.1 Å². The summed E-state index contributed by atoms with van der Waals surface area (Å²) in [5.74, 6) is -0.463. The summed E-state index contributed by atoms with van der Waals surface area (Å²) in [6, 6.07) is 7.56. The lowest BCUT2D eigenvalue weighted by molar-refractivity contribution is -0.156. The lowest BCUT2D eigenvalue weighted by Gasteiger charge is -2.24. The number of nitrogens with zero attached hydrogens (tertiary/aromatic N) is 1. The summed E-state index contributed by atoms with van der Waals surface area (Å²) in [4.78, 5) is 37.5. The quantitative estimate of drug-likeness (QED) is 0.239. The Kier molecular flexibility index (Phi) is 9.71. The van der Waals surface area contributed by atoms with Crippen LogP contribution < -0.4 is 15.8 Å². The number of nitrogens with one attached hydrogen (secondary N) is 1. The molecular formula is C23H24ClF2N2O10P. The number of phosphoric ester groups is 1. The molecule has 0 aliphatic carbocycles. The predicted molar refractivity (Wildman–Crippen MR) is 131 cm³/mol. The molecule has 39 heavy (non-hydrogen) atoms. The van der Waals surface area contributed by atoms with Crippen molar-refractivity contribution in [1.29, 1.82) is 0 Å². The molecule has 0 spiro atoms. The van der Waals surface area contributed by atoms with Gasteiger partial charge in [-0.1, -0.05) is 18.2 Å². The molecule has 6 atom stereocenters. The largest absolute Gasteiger partial charge is 0.530 e. The first-order chi connectivity index (χ1) is 18.3. The van der Waals surface area contributed by atoms with Crippen LogP contribution >= 0.6 is 19.4 Å². The second-order valence-electron chi connectivity index (χ2n) is 8.48. The minimum absolute atomic E-state index is 0.0131. The number of aliphatic hydroxyl groups excluding tert-OH is 1. The van der Waals surface area contributed by atoms with E-state index in [9.17, 15) is 28.4 Å². The molecule has 1 aromatic carbocycles. The third kappa shape index (κ3) is 7.13. The Labute approximate surface area is 225 Å². The molecule has 0 saturated carbocycles. The summed E-state index contributed by atoms with van der Waals surface area (Å²) in [5, 5.41) is 12.4. The van der Waals surface area contributed by atoms with Crippen LogP contribution in [0.1, 0.15) is 27.0 Å². The maximum absolute atomic E-state index is 15.9. The summed E-state index contributed by atoms with van der Waals surface area (Å²) >= 11 is 5.35. The number of aliphatic hydroxyl groups is 1. The molecule has 2 aromatic rings. The molecular weight excluding hydrogens is 569 g/mol. The van der Waals surface area contributed by atoms with Crippen molar-refractivity contribution in [3.63, 3.8) is 0 Å². The van der Waals surface area contributed by atoms with Crippen molar-refractivity contribution in [3.05, 3.63) is 63.2 Å². The Balaban J connectivity index is 1.89. The van der Waals surface area contributed by atoms with Gasteiger partial charge in [0.2, 0.25) is 11.5 Å². The van der Waals surface area contributed by atoms with Crippen LogP contribution in [0.15, 0.2) is 46.1 Å². The first-order valence-electron chi connectivity index (χ1n) is 11.3. The van der Waals surface area contributed by atoms with Gasteiger partial charge in [-0.3, -0.25) is 23.4 Å². The molecule has 1 aliphatic heterocycles. The highest BCUT2D eigenvalue weighted by atomic mass is 35.5. The summed E-state index contributed by atoms with van der Waals surface area (Å²) in [5.41, 5.74) is -5.77. The van der Waals surface area contributed by atoms with Crippen LogP contribution in [0.25, 0.3) is 0 Å². The zero-order valence-electron chi connectivity index (χ0n) is 20.7. The van der Waals surface area contributed by atoms with E-state index in [1.54, 1.807) is 42.4 Å². The van der Waals surface area contributed by atoms with Gasteiger partial charge in [-0.15, -0.1) is 0 Å². The molecule has 1 aromatic heterocycles. The highest BCUT2D eigenvalue weighted by Gasteiger charge is 2.58. The van der Waals surface area contributed by atoms with Crippen LogP contribution in [-0.2, 0) is 27.9 Å². The Bertz CT molecular complexity index is 1410. The summed E-state index contributed by atoms with van der Waals surface area (Å²) in [7, 11) is -4.70. The van der Waals surface area contributed by atoms with E-state index in [-0.39, 0.29) is 5.75 Å². The predicted octanol–water partition coefficient (Wildman–Crippen LogP) is 2.40. The van der Waals surface area contributed by atoms with Gasteiger partial charge in [0, 0.05) is 5.38 Å². The molecule has 1 unspecified atom stereocenters. The highest BCUT2D eigenvalue weighted by Crippen LogP contribution is 2.52. The number of hydrogen-bond donors (Lipinski definition) is 2. The average molecular weight is 593 g/mol. The van der Waals surface area contributed by atoms with Crippen LogP contribution in [-0.4, -0.2) is 57.3 Å². The van der Waals surface area contributed by atoms with Crippen LogP contribution in [0.3, 0.4) is 0 Å². The van der Waals surface area contributed by atoms with Crippen molar-refractivity contribution in [2.24, 2.45) is 0 Å². The first kappa shape index (κ1) is 30.5. The molecule has 0 radical (unpaired) electrons. The second-order valence-corrected chi connectivity index (χ2v) is 10.2. The zero-order chi connectivity index (χ0) is 29.0. The molecule has 1 fully saturated rings. The van der Waals surface area contributed by atoms with E-state index >= 15 is 4.39 Å². The Hall–Kier alpha value is -3.05. The SMILES string of the molecule is CC(C)OC(=O)[C@H](C)O[P@](=O)(OC[C@H]1O[C@@H](n2cc(F)c(=O)[nH]c2=O)C(F)(C#CCl)[C@H]1O)Oc1ccccc1. The van der Waals surface area contributed by atoms with Gasteiger partial charge in [-0.2, -0.15) is 4.39 Å². The van der Waals surface area contributed by atoms with E-state index in [1.165, 1.54) is 19.1 Å². The monoisotopic (exact) mass is 592 g/mol. The number of aromatic amines is 1. The highest BCUT2D eigenvalue weighted by molar-refractivity contribution is 7.49. The molecule has 0 amide bonds. The number of ether oxygens (including phenoxy) is 2.